The summed E-state index contributed by atoms with van der Waals surface area (Å²) in [6, 6.07) is 14.9. The molecule has 0 saturated heterocycles. The molecule has 3 rings (SSSR count). The van der Waals surface area contributed by atoms with E-state index in [1.165, 1.54) is 37.4 Å². The van der Waals surface area contributed by atoms with Gasteiger partial charge < -0.3 is 10.1 Å². The maximum absolute atomic E-state index is 13.4. The van der Waals surface area contributed by atoms with Gasteiger partial charge in [0.2, 0.25) is 15.9 Å². The largest absolute Gasteiger partial charge is 0.497 e. The van der Waals surface area contributed by atoms with E-state index in [1.807, 2.05) is 0 Å². The van der Waals surface area contributed by atoms with Crippen LogP contribution in [0.5, 0.6) is 5.75 Å². The van der Waals surface area contributed by atoms with E-state index in [-0.39, 0.29) is 21.3 Å². The van der Waals surface area contributed by atoms with Crippen molar-refractivity contribution in [1.29, 1.82) is 0 Å². The van der Waals surface area contributed by atoms with Crippen LogP contribution in [-0.2, 0) is 24.8 Å². The number of benzene rings is 3. The van der Waals surface area contributed by atoms with Gasteiger partial charge in [-0.25, -0.2) is 21.2 Å². The Balaban J connectivity index is 1.70. The number of sulfonamides is 2. The van der Waals surface area contributed by atoms with Gasteiger partial charge in [0, 0.05) is 11.4 Å². The Morgan fingerprint density at radius 3 is 2.11 bits per heavy atom. The van der Waals surface area contributed by atoms with Crippen LogP contribution < -0.4 is 19.1 Å². The van der Waals surface area contributed by atoms with Crippen molar-refractivity contribution < 1.29 is 30.8 Å². The van der Waals surface area contributed by atoms with Gasteiger partial charge >= 0.3 is 0 Å². The minimum absolute atomic E-state index is 0.0140. The lowest BCUT2D eigenvalue weighted by atomic mass is 10.3. The molecule has 0 heterocycles. The van der Waals surface area contributed by atoms with E-state index in [1.54, 1.807) is 24.3 Å². The number of methoxy groups -OCH3 is 1. The number of carbonyl (C=O) groups excluding carboxylic acids is 1. The highest BCUT2D eigenvalue weighted by Gasteiger charge is 2.22. The minimum atomic E-state index is -3.90. The number of nitrogens with one attached hydrogen (secondary N) is 2. The molecule has 0 saturated carbocycles. The van der Waals surface area contributed by atoms with Crippen LogP contribution in [0.1, 0.15) is 0 Å². The molecule has 0 atom stereocenters. The van der Waals surface area contributed by atoms with Crippen LogP contribution in [0.15, 0.2) is 71.6 Å². The Hall–Kier alpha value is -3.35. The van der Waals surface area contributed by atoms with Gasteiger partial charge in [-0.05, 0) is 66.7 Å². The third-order valence-corrected chi connectivity index (χ3v) is 7.50. The standard InChI is InChI=1S/C22H21ClFN3O6S2/c1-33-18-8-3-16(4-9-18)26-35(31,32)19-10-5-15(6-11-19)25-22(28)14-27(34(2,29)30)17-7-12-21(24)20(23)13-17/h3-13,26H,14H2,1-2H3,(H,25,28). The smallest absolute Gasteiger partial charge is 0.261 e. The molecule has 0 aliphatic carbocycles. The van der Waals surface area contributed by atoms with Crippen molar-refractivity contribution in [3.63, 3.8) is 0 Å². The van der Waals surface area contributed by atoms with Gasteiger partial charge in [-0.2, -0.15) is 0 Å². The average Bonchev–Trinajstić information content (AvgIpc) is 2.79. The van der Waals surface area contributed by atoms with Crippen molar-refractivity contribution in [2.24, 2.45) is 0 Å². The summed E-state index contributed by atoms with van der Waals surface area (Å²) in [5.74, 6) is -0.863. The third kappa shape index (κ3) is 6.84. The quantitative estimate of drug-likeness (QED) is 0.426. The molecule has 186 valence electrons. The summed E-state index contributed by atoms with van der Waals surface area (Å²) in [5, 5.41) is 2.21. The first-order valence-electron chi connectivity index (χ1n) is 9.88. The number of halogens is 2. The monoisotopic (exact) mass is 541 g/mol. The van der Waals surface area contributed by atoms with Crippen LogP contribution in [0, 0.1) is 5.82 Å². The number of nitrogens with zero attached hydrogens (tertiary/aromatic N) is 1. The summed E-state index contributed by atoms with van der Waals surface area (Å²) >= 11 is 5.73. The topological polar surface area (TPSA) is 122 Å². The molecule has 0 radical (unpaired) electrons. The molecular weight excluding hydrogens is 521 g/mol. The molecule has 9 nitrogen and oxygen atoms in total. The number of rotatable bonds is 9. The van der Waals surface area contributed by atoms with E-state index < -0.39 is 38.3 Å². The molecule has 2 N–H and O–H groups in total. The van der Waals surface area contributed by atoms with Crippen LogP contribution in [0.2, 0.25) is 5.02 Å². The highest BCUT2D eigenvalue weighted by molar-refractivity contribution is 7.92. The zero-order valence-electron chi connectivity index (χ0n) is 18.5. The first-order valence-corrected chi connectivity index (χ1v) is 13.6. The first kappa shape index (κ1) is 26.3. The molecule has 0 bridgehead atoms. The van der Waals surface area contributed by atoms with E-state index >= 15 is 0 Å². The second-order valence-electron chi connectivity index (χ2n) is 7.27. The zero-order valence-corrected chi connectivity index (χ0v) is 20.9. The fourth-order valence-corrected chi connectivity index (χ4v) is 5.04. The number of hydrogen-bond donors (Lipinski definition) is 2. The molecule has 0 unspecified atom stereocenters. The highest BCUT2D eigenvalue weighted by atomic mass is 35.5. The van der Waals surface area contributed by atoms with Gasteiger partial charge in [0.05, 0.1) is 29.0 Å². The van der Waals surface area contributed by atoms with Crippen molar-refractivity contribution in [3.05, 3.63) is 77.6 Å². The van der Waals surface area contributed by atoms with Crippen molar-refractivity contribution in [1.82, 2.24) is 0 Å². The van der Waals surface area contributed by atoms with Gasteiger partial charge in [-0.3, -0.25) is 13.8 Å². The highest BCUT2D eigenvalue weighted by Crippen LogP contribution is 2.25. The SMILES string of the molecule is COc1ccc(NS(=O)(=O)c2ccc(NC(=O)CN(c3ccc(F)c(Cl)c3)S(C)(=O)=O)cc2)cc1. The summed E-state index contributed by atoms with van der Waals surface area (Å²) in [6.07, 6.45) is 0.896. The predicted octanol–water partition coefficient (Wildman–Crippen LogP) is 3.69. The lowest BCUT2D eigenvalue weighted by Crippen LogP contribution is -2.37. The van der Waals surface area contributed by atoms with Crippen LogP contribution in [0.3, 0.4) is 0 Å². The number of anilines is 3. The fourth-order valence-electron chi connectivity index (χ4n) is 2.96. The lowest BCUT2D eigenvalue weighted by molar-refractivity contribution is -0.114. The Morgan fingerprint density at radius 2 is 1.57 bits per heavy atom. The molecule has 0 spiro atoms. The van der Waals surface area contributed by atoms with E-state index in [4.69, 9.17) is 16.3 Å². The second kappa shape index (κ2) is 10.5. The van der Waals surface area contributed by atoms with Crippen LogP contribution in [0.25, 0.3) is 0 Å². The Bertz CT molecular complexity index is 1430. The number of carbonyl (C=O) groups is 1. The molecule has 0 fully saturated rings. The van der Waals surface area contributed by atoms with Gasteiger partial charge in [0.15, 0.2) is 0 Å². The molecule has 13 heteroatoms. The number of amides is 1. The summed E-state index contributed by atoms with van der Waals surface area (Å²) in [7, 11) is -6.30. The first-order chi connectivity index (χ1) is 16.4. The predicted molar refractivity (Wildman–Crippen MR) is 132 cm³/mol. The summed E-state index contributed by atoms with van der Waals surface area (Å²) in [5.41, 5.74) is 0.592. The lowest BCUT2D eigenvalue weighted by Gasteiger charge is -2.22. The zero-order chi connectivity index (χ0) is 25.8. The van der Waals surface area contributed by atoms with E-state index in [9.17, 15) is 26.0 Å². The van der Waals surface area contributed by atoms with Gasteiger partial charge in [-0.15, -0.1) is 0 Å². The van der Waals surface area contributed by atoms with E-state index in [0.717, 1.165) is 22.7 Å². The average molecular weight is 542 g/mol. The van der Waals surface area contributed by atoms with Crippen molar-refractivity contribution in [2.75, 3.05) is 34.3 Å². The molecular formula is C22H21ClFN3O6S2. The normalized spacial score (nSPS) is 11.5. The summed E-state index contributed by atoms with van der Waals surface area (Å²) in [6.45, 7) is -0.611. The second-order valence-corrected chi connectivity index (χ2v) is 11.3. The molecule has 0 aromatic heterocycles. The van der Waals surface area contributed by atoms with Crippen LogP contribution in [-0.4, -0.2) is 42.7 Å². The molecule has 0 aliphatic heterocycles. The molecule has 3 aromatic carbocycles. The Morgan fingerprint density at radius 1 is 0.971 bits per heavy atom. The van der Waals surface area contributed by atoms with E-state index in [0.29, 0.717) is 11.4 Å². The Labute approximate surface area is 207 Å². The molecule has 35 heavy (non-hydrogen) atoms. The molecule has 3 aromatic rings. The van der Waals surface area contributed by atoms with Crippen molar-refractivity contribution in [2.45, 2.75) is 4.90 Å². The maximum Gasteiger partial charge on any atom is 0.261 e. The molecule has 0 aliphatic rings. The van der Waals surface area contributed by atoms with Gasteiger partial charge in [0.25, 0.3) is 10.0 Å². The molecule has 1 amide bonds. The van der Waals surface area contributed by atoms with Gasteiger partial charge in [0.1, 0.15) is 18.1 Å². The van der Waals surface area contributed by atoms with Crippen molar-refractivity contribution in [3.8, 4) is 5.75 Å². The van der Waals surface area contributed by atoms with Crippen molar-refractivity contribution >= 4 is 54.6 Å². The number of hydrogen-bond acceptors (Lipinski definition) is 6. The number of ether oxygens (including phenoxy) is 1. The van der Waals surface area contributed by atoms with E-state index in [2.05, 4.69) is 10.0 Å². The minimum Gasteiger partial charge on any atom is -0.497 e. The van der Waals surface area contributed by atoms with Crippen LogP contribution in [0.4, 0.5) is 21.5 Å². The fraction of sp³-hybridized carbons (Fsp3) is 0.136. The summed E-state index contributed by atoms with van der Waals surface area (Å²) in [4.78, 5) is 12.5. The summed E-state index contributed by atoms with van der Waals surface area (Å²) < 4.78 is 71.3. The maximum atomic E-state index is 13.4. The van der Waals surface area contributed by atoms with Gasteiger partial charge in [-0.1, -0.05) is 11.6 Å². The Kier molecular flexibility index (Phi) is 7.88. The van der Waals surface area contributed by atoms with Crippen LogP contribution >= 0.6 is 11.6 Å². The third-order valence-electron chi connectivity index (χ3n) is 4.67.